The number of hydrogen-bond donors (Lipinski definition) is 2. The Labute approximate surface area is 121 Å². The van der Waals surface area contributed by atoms with Gasteiger partial charge in [-0.3, -0.25) is 4.79 Å². The summed E-state index contributed by atoms with van der Waals surface area (Å²) in [7, 11) is 0. The van der Waals surface area contributed by atoms with Crippen LogP contribution in [0.4, 0.5) is 0 Å². The molecular weight excluding hydrogens is 250 g/mol. The third kappa shape index (κ3) is 3.21. The minimum absolute atomic E-state index is 0.0951. The first-order valence-electron chi connectivity index (χ1n) is 7.63. The standard InChI is InChI=1S/C17H25NO2/c1-4-16(19)18-15-7-5-6-12-8-9-13(10-14(12)15)17(20)11(2)3/h8-11,15,17,20H,4-7H2,1-3H3,(H,18,19). The largest absolute Gasteiger partial charge is 0.388 e. The number of aliphatic hydroxyl groups is 1. The van der Waals surface area contributed by atoms with E-state index in [9.17, 15) is 9.90 Å². The number of benzene rings is 1. The molecule has 1 aromatic carbocycles. The average molecular weight is 275 g/mol. The molecule has 0 heterocycles. The Bertz CT molecular complexity index is 482. The van der Waals surface area contributed by atoms with E-state index >= 15 is 0 Å². The summed E-state index contributed by atoms with van der Waals surface area (Å²) in [6, 6.07) is 6.32. The summed E-state index contributed by atoms with van der Waals surface area (Å²) in [5.74, 6) is 0.290. The molecule has 20 heavy (non-hydrogen) atoms. The van der Waals surface area contributed by atoms with Gasteiger partial charge in [-0.2, -0.15) is 0 Å². The van der Waals surface area contributed by atoms with Crippen molar-refractivity contribution in [2.75, 3.05) is 0 Å². The van der Waals surface area contributed by atoms with Crippen LogP contribution in [-0.4, -0.2) is 11.0 Å². The number of nitrogens with one attached hydrogen (secondary N) is 1. The van der Waals surface area contributed by atoms with Crippen molar-refractivity contribution in [1.82, 2.24) is 5.32 Å². The van der Waals surface area contributed by atoms with Crippen LogP contribution in [0.15, 0.2) is 18.2 Å². The second-order valence-electron chi connectivity index (χ2n) is 6.01. The lowest BCUT2D eigenvalue weighted by molar-refractivity contribution is -0.121. The van der Waals surface area contributed by atoms with Gasteiger partial charge in [-0.1, -0.05) is 39.0 Å². The van der Waals surface area contributed by atoms with Crippen molar-refractivity contribution in [2.45, 2.75) is 58.6 Å². The Morgan fingerprint density at radius 1 is 1.45 bits per heavy atom. The van der Waals surface area contributed by atoms with Gasteiger partial charge in [-0.25, -0.2) is 0 Å². The monoisotopic (exact) mass is 275 g/mol. The Kier molecular flexibility index (Phi) is 4.81. The molecule has 2 atom stereocenters. The van der Waals surface area contributed by atoms with E-state index in [1.165, 1.54) is 11.1 Å². The van der Waals surface area contributed by atoms with E-state index < -0.39 is 6.10 Å². The van der Waals surface area contributed by atoms with Gasteiger partial charge in [0, 0.05) is 6.42 Å². The maximum absolute atomic E-state index is 11.7. The van der Waals surface area contributed by atoms with E-state index in [4.69, 9.17) is 0 Å². The zero-order chi connectivity index (χ0) is 14.7. The molecule has 2 N–H and O–H groups in total. The third-order valence-electron chi connectivity index (χ3n) is 4.11. The van der Waals surface area contributed by atoms with Gasteiger partial charge in [-0.05, 0) is 41.9 Å². The van der Waals surface area contributed by atoms with Gasteiger partial charge in [0.2, 0.25) is 5.91 Å². The third-order valence-corrected chi connectivity index (χ3v) is 4.11. The average Bonchev–Trinajstić information content (AvgIpc) is 2.46. The van der Waals surface area contributed by atoms with Crippen LogP contribution in [0.1, 0.15) is 68.9 Å². The topological polar surface area (TPSA) is 49.3 Å². The van der Waals surface area contributed by atoms with Crippen LogP contribution < -0.4 is 5.32 Å². The van der Waals surface area contributed by atoms with Crippen LogP contribution in [0.5, 0.6) is 0 Å². The molecule has 3 heteroatoms. The number of rotatable bonds is 4. The number of amides is 1. The quantitative estimate of drug-likeness (QED) is 0.886. The first kappa shape index (κ1) is 15.0. The summed E-state index contributed by atoms with van der Waals surface area (Å²) in [6.45, 7) is 5.90. The smallest absolute Gasteiger partial charge is 0.220 e. The van der Waals surface area contributed by atoms with Crippen molar-refractivity contribution in [1.29, 1.82) is 0 Å². The molecule has 110 valence electrons. The first-order chi connectivity index (χ1) is 9.52. The van der Waals surface area contributed by atoms with Crippen LogP contribution in [-0.2, 0) is 11.2 Å². The highest BCUT2D eigenvalue weighted by Gasteiger charge is 2.23. The number of hydrogen-bond acceptors (Lipinski definition) is 2. The zero-order valence-corrected chi connectivity index (χ0v) is 12.6. The molecule has 0 fully saturated rings. The van der Waals surface area contributed by atoms with Crippen molar-refractivity contribution in [3.05, 3.63) is 34.9 Å². The Balaban J connectivity index is 2.28. The van der Waals surface area contributed by atoms with Crippen molar-refractivity contribution < 1.29 is 9.90 Å². The maximum atomic E-state index is 11.7. The molecule has 3 nitrogen and oxygen atoms in total. The fourth-order valence-electron chi connectivity index (χ4n) is 2.83. The predicted molar refractivity (Wildman–Crippen MR) is 80.4 cm³/mol. The normalized spacial score (nSPS) is 19.6. The van der Waals surface area contributed by atoms with E-state index in [1.54, 1.807) is 0 Å². The number of aryl methyl sites for hydroxylation is 1. The number of carbonyl (C=O) groups excluding carboxylic acids is 1. The molecule has 0 bridgehead atoms. The summed E-state index contributed by atoms with van der Waals surface area (Å²) >= 11 is 0. The van der Waals surface area contributed by atoms with E-state index in [0.717, 1.165) is 24.8 Å². The maximum Gasteiger partial charge on any atom is 0.220 e. The molecular formula is C17H25NO2. The molecule has 1 aliphatic rings. The van der Waals surface area contributed by atoms with Crippen LogP contribution >= 0.6 is 0 Å². The molecule has 1 aromatic rings. The van der Waals surface area contributed by atoms with Gasteiger partial charge >= 0.3 is 0 Å². The molecule has 2 rings (SSSR count). The Hall–Kier alpha value is -1.35. The van der Waals surface area contributed by atoms with Crippen LogP contribution in [0.25, 0.3) is 0 Å². The highest BCUT2D eigenvalue weighted by atomic mass is 16.3. The van der Waals surface area contributed by atoms with Gasteiger partial charge in [0.15, 0.2) is 0 Å². The molecule has 1 aliphatic carbocycles. The molecule has 0 radical (unpaired) electrons. The highest BCUT2D eigenvalue weighted by Crippen LogP contribution is 2.33. The van der Waals surface area contributed by atoms with E-state index in [-0.39, 0.29) is 17.9 Å². The lowest BCUT2D eigenvalue weighted by Crippen LogP contribution is -2.30. The van der Waals surface area contributed by atoms with Gasteiger partial charge in [0.1, 0.15) is 0 Å². The van der Waals surface area contributed by atoms with E-state index in [1.807, 2.05) is 26.8 Å². The number of carbonyl (C=O) groups is 1. The van der Waals surface area contributed by atoms with E-state index in [2.05, 4.69) is 17.4 Å². The molecule has 1 amide bonds. The summed E-state index contributed by atoms with van der Waals surface area (Å²) in [6.07, 6.45) is 3.23. The van der Waals surface area contributed by atoms with Crippen molar-refractivity contribution >= 4 is 5.91 Å². The van der Waals surface area contributed by atoms with Gasteiger partial charge < -0.3 is 10.4 Å². The van der Waals surface area contributed by atoms with Gasteiger partial charge in [0.05, 0.1) is 12.1 Å². The second kappa shape index (κ2) is 6.40. The van der Waals surface area contributed by atoms with Crippen molar-refractivity contribution in [3.63, 3.8) is 0 Å². The van der Waals surface area contributed by atoms with Crippen molar-refractivity contribution in [2.24, 2.45) is 5.92 Å². The first-order valence-corrected chi connectivity index (χ1v) is 7.63. The minimum atomic E-state index is -0.440. The fourth-order valence-corrected chi connectivity index (χ4v) is 2.83. The lowest BCUT2D eigenvalue weighted by Gasteiger charge is -2.28. The number of fused-ring (bicyclic) bond motifs is 1. The van der Waals surface area contributed by atoms with Crippen LogP contribution in [0.3, 0.4) is 0 Å². The summed E-state index contributed by atoms with van der Waals surface area (Å²) in [5.41, 5.74) is 3.45. The second-order valence-corrected chi connectivity index (χ2v) is 6.01. The Morgan fingerprint density at radius 3 is 2.85 bits per heavy atom. The molecule has 0 saturated heterocycles. The molecule has 2 unspecified atom stereocenters. The molecule has 0 spiro atoms. The molecule has 0 saturated carbocycles. The summed E-state index contributed by atoms with van der Waals surface area (Å²) in [4.78, 5) is 11.7. The fraction of sp³-hybridized carbons (Fsp3) is 0.588. The highest BCUT2D eigenvalue weighted by molar-refractivity contribution is 5.76. The van der Waals surface area contributed by atoms with Crippen molar-refractivity contribution in [3.8, 4) is 0 Å². The van der Waals surface area contributed by atoms with Gasteiger partial charge in [-0.15, -0.1) is 0 Å². The Morgan fingerprint density at radius 2 is 2.20 bits per heavy atom. The summed E-state index contributed by atoms with van der Waals surface area (Å²) in [5, 5.41) is 13.3. The number of aliphatic hydroxyl groups excluding tert-OH is 1. The SMILES string of the molecule is CCC(=O)NC1CCCc2ccc(C(O)C(C)C)cc21. The van der Waals surface area contributed by atoms with Gasteiger partial charge in [0.25, 0.3) is 0 Å². The molecule has 0 aliphatic heterocycles. The predicted octanol–water partition coefficient (Wildman–Crippen LogP) is 3.28. The van der Waals surface area contributed by atoms with Crippen LogP contribution in [0, 0.1) is 5.92 Å². The summed E-state index contributed by atoms with van der Waals surface area (Å²) < 4.78 is 0. The minimum Gasteiger partial charge on any atom is -0.388 e. The lowest BCUT2D eigenvalue weighted by atomic mass is 9.85. The zero-order valence-electron chi connectivity index (χ0n) is 12.6. The van der Waals surface area contributed by atoms with E-state index in [0.29, 0.717) is 6.42 Å². The molecule has 0 aromatic heterocycles. The van der Waals surface area contributed by atoms with Crippen LogP contribution in [0.2, 0.25) is 0 Å².